The standard InChI is InChI=1S/C10H12FNS/c1-7(2)6-13-10-4-3-8(11)5-9(10)12/h3-5H,1,6,12H2,2H3. The van der Waals surface area contributed by atoms with E-state index in [4.69, 9.17) is 5.73 Å². The number of benzene rings is 1. The van der Waals surface area contributed by atoms with E-state index >= 15 is 0 Å². The molecule has 0 unspecified atom stereocenters. The lowest BCUT2D eigenvalue weighted by Crippen LogP contribution is -1.90. The fraction of sp³-hybridized carbons (Fsp3) is 0.200. The molecule has 0 aromatic heterocycles. The van der Waals surface area contributed by atoms with Gasteiger partial charge in [0, 0.05) is 16.3 Å². The molecule has 0 heterocycles. The molecule has 0 bridgehead atoms. The van der Waals surface area contributed by atoms with Gasteiger partial charge in [-0.1, -0.05) is 12.2 Å². The molecule has 0 fully saturated rings. The van der Waals surface area contributed by atoms with Crippen LogP contribution in [0.15, 0.2) is 35.2 Å². The highest BCUT2D eigenvalue weighted by Gasteiger charge is 2.00. The number of nitrogens with two attached hydrogens (primary N) is 1. The summed E-state index contributed by atoms with van der Waals surface area (Å²) in [7, 11) is 0. The molecule has 0 saturated carbocycles. The number of nitrogen functional groups attached to an aromatic ring is 1. The zero-order valence-electron chi connectivity index (χ0n) is 7.51. The fourth-order valence-electron chi connectivity index (χ4n) is 0.852. The minimum absolute atomic E-state index is 0.294. The average molecular weight is 197 g/mol. The van der Waals surface area contributed by atoms with Gasteiger partial charge in [-0.25, -0.2) is 4.39 Å². The van der Waals surface area contributed by atoms with Gasteiger partial charge in [-0.05, 0) is 25.1 Å². The van der Waals surface area contributed by atoms with Crippen molar-refractivity contribution >= 4 is 17.4 Å². The first kappa shape index (κ1) is 10.1. The molecule has 13 heavy (non-hydrogen) atoms. The van der Waals surface area contributed by atoms with Crippen molar-refractivity contribution in [2.24, 2.45) is 0 Å². The van der Waals surface area contributed by atoms with Gasteiger partial charge >= 0.3 is 0 Å². The van der Waals surface area contributed by atoms with Crippen LogP contribution in [0.2, 0.25) is 0 Å². The molecule has 0 atom stereocenters. The Kier molecular flexibility index (Phi) is 3.37. The molecule has 2 N–H and O–H groups in total. The minimum Gasteiger partial charge on any atom is -0.398 e. The van der Waals surface area contributed by atoms with Crippen molar-refractivity contribution in [1.29, 1.82) is 0 Å². The second-order valence-electron chi connectivity index (χ2n) is 2.93. The predicted octanol–water partition coefficient (Wildman–Crippen LogP) is 3.08. The number of hydrogen-bond acceptors (Lipinski definition) is 2. The SMILES string of the molecule is C=C(C)CSc1ccc(F)cc1N. The van der Waals surface area contributed by atoms with Gasteiger partial charge in [-0.15, -0.1) is 11.8 Å². The van der Waals surface area contributed by atoms with Crippen LogP contribution in [-0.2, 0) is 0 Å². The molecule has 3 heteroatoms. The van der Waals surface area contributed by atoms with Gasteiger partial charge in [-0.2, -0.15) is 0 Å². The third kappa shape index (κ3) is 3.11. The monoisotopic (exact) mass is 197 g/mol. The van der Waals surface area contributed by atoms with Crippen molar-refractivity contribution in [3.05, 3.63) is 36.2 Å². The van der Waals surface area contributed by atoms with Crippen LogP contribution in [0.25, 0.3) is 0 Å². The Balaban J connectivity index is 2.72. The van der Waals surface area contributed by atoms with Crippen LogP contribution >= 0.6 is 11.8 Å². The molecule has 0 aliphatic rings. The van der Waals surface area contributed by atoms with Crippen LogP contribution in [0.1, 0.15) is 6.92 Å². The summed E-state index contributed by atoms with van der Waals surface area (Å²) in [5.41, 5.74) is 7.19. The van der Waals surface area contributed by atoms with Crippen LogP contribution in [0.5, 0.6) is 0 Å². The van der Waals surface area contributed by atoms with E-state index in [1.54, 1.807) is 17.8 Å². The summed E-state index contributed by atoms with van der Waals surface area (Å²) in [6.07, 6.45) is 0. The number of thioether (sulfide) groups is 1. The van der Waals surface area contributed by atoms with Crippen molar-refractivity contribution < 1.29 is 4.39 Å². The van der Waals surface area contributed by atoms with Gasteiger partial charge in [0.05, 0.1) is 0 Å². The Hall–Kier alpha value is -0.960. The summed E-state index contributed by atoms with van der Waals surface area (Å²) < 4.78 is 12.6. The average Bonchev–Trinajstić information content (AvgIpc) is 2.02. The summed E-state index contributed by atoms with van der Waals surface area (Å²) in [6.45, 7) is 5.73. The second kappa shape index (κ2) is 4.33. The Bertz CT molecular complexity index is 323. The normalized spacial score (nSPS) is 10.0. The highest BCUT2D eigenvalue weighted by atomic mass is 32.2. The first-order valence-electron chi connectivity index (χ1n) is 3.92. The molecule has 0 aliphatic carbocycles. The van der Waals surface area contributed by atoms with Crippen molar-refractivity contribution in [3.63, 3.8) is 0 Å². The molecular weight excluding hydrogens is 185 g/mol. The Morgan fingerprint density at radius 1 is 1.62 bits per heavy atom. The van der Waals surface area contributed by atoms with Crippen molar-refractivity contribution in [2.45, 2.75) is 11.8 Å². The van der Waals surface area contributed by atoms with Crippen molar-refractivity contribution in [3.8, 4) is 0 Å². The van der Waals surface area contributed by atoms with E-state index < -0.39 is 0 Å². The molecule has 0 aliphatic heterocycles. The Morgan fingerprint density at radius 2 is 2.31 bits per heavy atom. The third-order valence-corrected chi connectivity index (χ3v) is 2.77. The lowest BCUT2D eigenvalue weighted by atomic mass is 10.3. The Morgan fingerprint density at radius 3 is 2.85 bits per heavy atom. The maximum atomic E-state index is 12.6. The van der Waals surface area contributed by atoms with Gasteiger partial charge in [0.25, 0.3) is 0 Å². The second-order valence-corrected chi connectivity index (χ2v) is 3.95. The number of hydrogen-bond donors (Lipinski definition) is 1. The first-order valence-corrected chi connectivity index (χ1v) is 4.90. The molecule has 0 radical (unpaired) electrons. The third-order valence-electron chi connectivity index (χ3n) is 1.45. The quantitative estimate of drug-likeness (QED) is 0.458. The van der Waals surface area contributed by atoms with Gasteiger partial charge in [-0.3, -0.25) is 0 Å². The lowest BCUT2D eigenvalue weighted by Gasteiger charge is -2.04. The van der Waals surface area contributed by atoms with Crippen molar-refractivity contribution in [1.82, 2.24) is 0 Å². The fourth-order valence-corrected chi connectivity index (χ4v) is 1.64. The molecule has 1 rings (SSSR count). The van der Waals surface area contributed by atoms with E-state index in [0.717, 1.165) is 16.2 Å². The van der Waals surface area contributed by atoms with Gasteiger partial charge in [0.15, 0.2) is 0 Å². The van der Waals surface area contributed by atoms with Crippen LogP contribution in [-0.4, -0.2) is 5.75 Å². The van der Waals surface area contributed by atoms with Gasteiger partial charge < -0.3 is 5.73 Å². The summed E-state index contributed by atoms with van der Waals surface area (Å²) in [6, 6.07) is 4.44. The summed E-state index contributed by atoms with van der Waals surface area (Å²) >= 11 is 1.57. The van der Waals surface area contributed by atoms with E-state index in [1.165, 1.54) is 12.1 Å². The van der Waals surface area contributed by atoms with Crippen LogP contribution in [0.4, 0.5) is 10.1 Å². The molecule has 0 spiro atoms. The largest absolute Gasteiger partial charge is 0.398 e. The van der Waals surface area contributed by atoms with Crippen LogP contribution < -0.4 is 5.73 Å². The molecule has 1 aromatic carbocycles. The number of anilines is 1. The molecular formula is C10H12FNS. The molecule has 1 aromatic rings. The summed E-state index contributed by atoms with van der Waals surface area (Å²) in [4.78, 5) is 0.907. The zero-order chi connectivity index (χ0) is 9.84. The Labute approximate surface area is 81.8 Å². The molecule has 70 valence electrons. The zero-order valence-corrected chi connectivity index (χ0v) is 8.33. The van der Waals surface area contributed by atoms with Crippen LogP contribution in [0.3, 0.4) is 0 Å². The molecule has 0 amide bonds. The smallest absolute Gasteiger partial charge is 0.125 e. The molecule has 1 nitrogen and oxygen atoms in total. The highest BCUT2D eigenvalue weighted by Crippen LogP contribution is 2.26. The van der Waals surface area contributed by atoms with E-state index in [2.05, 4.69) is 6.58 Å². The van der Waals surface area contributed by atoms with E-state index in [1.807, 2.05) is 6.92 Å². The topological polar surface area (TPSA) is 26.0 Å². The minimum atomic E-state index is -0.294. The maximum absolute atomic E-state index is 12.6. The lowest BCUT2D eigenvalue weighted by molar-refractivity contribution is 0.627. The van der Waals surface area contributed by atoms with Gasteiger partial charge in [0.2, 0.25) is 0 Å². The van der Waals surface area contributed by atoms with Crippen molar-refractivity contribution in [2.75, 3.05) is 11.5 Å². The highest BCUT2D eigenvalue weighted by molar-refractivity contribution is 7.99. The maximum Gasteiger partial charge on any atom is 0.125 e. The van der Waals surface area contributed by atoms with Gasteiger partial charge in [0.1, 0.15) is 5.82 Å². The van der Waals surface area contributed by atoms with E-state index in [-0.39, 0.29) is 5.82 Å². The predicted molar refractivity (Wildman–Crippen MR) is 56.4 cm³/mol. The molecule has 0 saturated heterocycles. The number of halogens is 1. The number of rotatable bonds is 3. The summed E-state index contributed by atoms with van der Waals surface area (Å²) in [5.74, 6) is 0.521. The van der Waals surface area contributed by atoms with E-state index in [0.29, 0.717) is 5.69 Å². The van der Waals surface area contributed by atoms with E-state index in [9.17, 15) is 4.39 Å². The van der Waals surface area contributed by atoms with Crippen LogP contribution in [0, 0.1) is 5.82 Å². The first-order chi connectivity index (χ1) is 6.09. The summed E-state index contributed by atoms with van der Waals surface area (Å²) in [5, 5.41) is 0.